The van der Waals surface area contributed by atoms with Crippen molar-refractivity contribution in [2.75, 3.05) is 19.8 Å². The summed E-state index contributed by atoms with van der Waals surface area (Å²) in [6.45, 7) is 7.07. The molecular weight excluding hydrogens is 646 g/mol. The lowest BCUT2D eigenvalue weighted by atomic mass is 10.1. The molecular formula is C34H40BrNO7S. The number of para-hydroxylation sites is 1. The first kappa shape index (κ1) is 38.3. The summed E-state index contributed by atoms with van der Waals surface area (Å²) in [7, 11) is 0. The van der Waals surface area contributed by atoms with E-state index in [1.807, 2.05) is 12.1 Å². The second-order valence-corrected chi connectivity index (χ2v) is 10.1. The van der Waals surface area contributed by atoms with Crippen LogP contribution in [0.2, 0.25) is 0 Å². The van der Waals surface area contributed by atoms with Crippen molar-refractivity contribution in [3.8, 4) is 0 Å². The summed E-state index contributed by atoms with van der Waals surface area (Å²) in [6, 6.07) is 22.5. The number of aliphatic hydroxyl groups excluding tert-OH is 1. The molecule has 1 aromatic heterocycles. The molecule has 8 nitrogen and oxygen atoms in total. The van der Waals surface area contributed by atoms with E-state index in [-0.39, 0.29) is 34.7 Å². The van der Waals surface area contributed by atoms with Gasteiger partial charge in [0, 0.05) is 18.9 Å². The Hall–Kier alpha value is -3.73. The third-order valence-electron chi connectivity index (χ3n) is 6.17. The number of hydrogen-bond acceptors (Lipinski definition) is 8. The van der Waals surface area contributed by atoms with Crippen molar-refractivity contribution in [1.29, 1.82) is 0 Å². The van der Waals surface area contributed by atoms with Gasteiger partial charge in [0.1, 0.15) is 24.1 Å². The number of thiazole rings is 1. The Morgan fingerprint density at radius 1 is 0.795 bits per heavy atom. The maximum absolute atomic E-state index is 11.4. The molecule has 44 heavy (non-hydrogen) atoms. The highest BCUT2D eigenvalue weighted by Gasteiger charge is 2.08. The fourth-order valence-electron chi connectivity index (χ4n) is 3.85. The molecule has 236 valence electrons. The molecule has 1 N–H and O–H groups in total. The molecule has 0 saturated heterocycles. The lowest BCUT2D eigenvalue weighted by Gasteiger charge is -2.03. The summed E-state index contributed by atoms with van der Waals surface area (Å²) >= 11 is 1.80. The first-order valence-corrected chi connectivity index (χ1v) is 15.2. The largest absolute Gasteiger partial charge is 1.00 e. The van der Waals surface area contributed by atoms with Crippen molar-refractivity contribution in [1.82, 2.24) is 0 Å². The van der Waals surface area contributed by atoms with Crippen LogP contribution in [0.3, 0.4) is 0 Å². The molecule has 4 aromatic rings. The quantitative estimate of drug-likeness (QED) is 0.139. The summed E-state index contributed by atoms with van der Waals surface area (Å²) < 4.78 is 13.3. The zero-order valence-corrected chi connectivity index (χ0v) is 27.8. The maximum atomic E-state index is 11.4. The van der Waals surface area contributed by atoms with Gasteiger partial charge in [0.05, 0.1) is 24.3 Å². The second kappa shape index (κ2) is 21.9. The second-order valence-electron chi connectivity index (χ2n) is 9.21. The van der Waals surface area contributed by atoms with Gasteiger partial charge >= 0.3 is 11.9 Å². The van der Waals surface area contributed by atoms with E-state index in [0.29, 0.717) is 50.0 Å². The number of rotatable bonds is 12. The van der Waals surface area contributed by atoms with Gasteiger partial charge in [-0.05, 0) is 75.1 Å². The number of aromatic nitrogens is 1. The van der Waals surface area contributed by atoms with Crippen molar-refractivity contribution in [3.05, 3.63) is 101 Å². The van der Waals surface area contributed by atoms with Gasteiger partial charge in [-0.15, -0.1) is 0 Å². The maximum Gasteiger partial charge on any atom is 0.338 e. The number of aliphatic hydroxyl groups is 1. The number of halogens is 1. The number of ketones is 1. The number of Topliss-reactive ketones (excluding diaryl/α,β-unsaturated/α-hetero) is 1. The highest BCUT2D eigenvalue weighted by Crippen LogP contribution is 2.14. The van der Waals surface area contributed by atoms with Gasteiger partial charge < -0.3 is 36.4 Å². The van der Waals surface area contributed by atoms with Crippen molar-refractivity contribution in [2.24, 2.45) is 0 Å². The fraction of sp³-hybridized carbons (Fsp3) is 0.324. The summed E-state index contributed by atoms with van der Waals surface area (Å²) in [5.74, 6) is -0.829. The van der Waals surface area contributed by atoms with Crippen molar-refractivity contribution in [2.45, 2.75) is 53.0 Å². The minimum atomic E-state index is -0.416. The Bertz CT molecular complexity index is 1440. The monoisotopic (exact) mass is 685 g/mol. The number of aldehydes is 1. The van der Waals surface area contributed by atoms with Gasteiger partial charge in [-0.25, -0.2) is 9.59 Å². The van der Waals surface area contributed by atoms with Gasteiger partial charge in [0.15, 0.2) is 5.78 Å². The standard InChI is InChI=1S/C13H16O4.C12H14O3.C9H10NS.BrH/c1-2-17-13(16)11-6-3-10(4-7-11)5-8-12(15)9-14;1-2-15-12(14)11-7-5-10(6-8-11)4-3-9-13;1-2-10-7-11-9-6-4-3-5-8(9)10;/h3-4,6-7,14H,2,5,8-9H2,1H3;5-9H,2-4H2,1H3;3-7H,2H2,1H3;1H/q;;+1;/p-1. The molecule has 0 amide bonds. The first-order chi connectivity index (χ1) is 20.9. The Balaban J connectivity index is 0.000000332. The van der Waals surface area contributed by atoms with Crippen LogP contribution in [0.5, 0.6) is 0 Å². The summed E-state index contributed by atoms with van der Waals surface area (Å²) in [5, 5.41) is 8.58. The number of nitrogens with zero attached hydrogens (tertiary/aromatic N) is 1. The topological polar surface area (TPSA) is 111 Å². The molecule has 0 atom stereocenters. The van der Waals surface area contributed by atoms with Crippen LogP contribution in [-0.4, -0.2) is 48.9 Å². The highest BCUT2D eigenvalue weighted by atomic mass is 79.9. The predicted octanol–water partition coefficient (Wildman–Crippen LogP) is 2.56. The average Bonchev–Trinajstić information content (AvgIpc) is 3.47. The van der Waals surface area contributed by atoms with Gasteiger partial charge in [0.2, 0.25) is 11.0 Å². The molecule has 0 bridgehead atoms. The normalized spacial score (nSPS) is 9.82. The molecule has 10 heteroatoms. The minimum absolute atomic E-state index is 0. The van der Waals surface area contributed by atoms with E-state index >= 15 is 0 Å². The summed E-state index contributed by atoms with van der Waals surface area (Å²) in [4.78, 5) is 43.7. The molecule has 0 spiro atoms. The Morgan fingerprint density at radius 2 is 1.32 bits per heavy atom. The van der Waals surface area contributed by atoms with Crippen LogP contribution < -0.4 is 21.5 Å². The van der Waals surface area contributed by atoms with Gasteiger partial charge in [-0.2, -0.15) is 4.57 Å². The molecule has 4 rings (SSSR count). The SMILES string of the molecule is CCOC(=O)c1ccc(CCC(=O)CO)cc1.CCOC(=O)c1ccc(CCC=O)cc1.CC[n+]1csc2ccccc21.[Br-]. The van der Waals surface area contributed by atoms with E-state index in [0.717, 1.165) is 24.0 Å². The Morgan fingerprint density at radius 3 is 1.80 bits per heavy atom. The number of fused-ring (bicyclic) bond motifs is 1. The Labute approximate surface area is 273 Å². The van der Waals surface area contributed by atoms with E-state index in [2.05, 4.69) is 41.3 Å². The van der Waals surface area contributed by atoms with E-state index in [1.165, 1.54) is 10.2 Å². The van der Waals surface area contributed by atoms with E-state index < -0.39 is 6.61 Å². The summed E-state index contributed by atoms with van der Waals surface area (Å²) in [6.07, 6.45) is 3.00. The molecule has 0 radical (unpaired) electrons. The third kappa shape index (κ3) is 13.3. The zero-order valence-electron chi connectivity index (χ0n) is 25.4. The van der Waals surface area contributed by atoms with Gasteiger partial charge in [0.25, 0.3) is 0 Å². The number of carbonyl (C=O) groups is 4. The molecule has 0 aliphatic rings. The molecule has 0 unspecified atom stereocenters. The number of hydrogen-bond donors (Lipinski definition) is 1. The fourth-order valence-corrected chi connectivity index (χ4v) is 4.82. The van der Waals surface area contributed by atoms with Crippen LogP contribution in [0, 0.1) is 0 Å². The molecule has 0 aliphatic heterocycles. The zero-order chi connectivity index (χ0) is 31.5. The van der Waals surface area contributed by atoms with E-state index in [1.54, 1.807) is 61.6 Å². The predicted molar refractivity (Wildman–Crippen MR) is 167 cm³/mol. The van der Waals surface area contributed by atoms with Crippen LogP contribution >= 0.6 is 11.3 Å². The van der Waals surface area contributed by atoms with E-state index in [4.69, 9.17) is 14.6 Å². The van der Waals surface area contributed by atoms with Gasteiger partial charge in [-0.3, -0.25) is 4.79 Å². The van der Waals surface area contributed by atoms with Crippen LogP contribution in [0.15, 0.2) is 78.3 Å². The first-order valence-electron chi connectivity index (χ1n) is 14.3. The Kier molecular flexibility index (Phi) is 19.0. The number of ether oxygens (including phenoxy) is 2. The van der Waals surface area contributed by atoms with Crippen LogP contribution in [0.4, 0.5) is 0 Å². The number of aryl methyl sites for hydroxylation is 3. The molecule has 0 aliphatic carbocycles. The molecule has 3 aromatic carbocycles. The number of esters is 2. The van der Waals surface area contributed by atoms with Crippen molar-refractivity contribution >= 4 is 45.6 Å². The lowest BCUT2D eigenvalue weighted by Crippen LogP contribution is -3.00. The third-order valence-corrected chi connectivity index (χ3v) is 7.13. The number of benzene rings is 3. The molecule has 0 saturated carbocycles. The molecule has 0 fully saturated rings. The van der Waals surface area contributed by atoms with E-state index in [9.17, 15) is 19.2 Å². The number of carbonyl (C=O) groups excluding carboxylic acids is 4. The highest BCUT2D eigenvalue weighted by molar-refractivity contribution is 7.16. The minimum Gasteiger partial charge on any atom is -1.00 e. The lowest BCUT2D eigenvalue weighted by molar-refractivity contribution is -0.663. The van der Waals surface area contributed by atoms with Crippen LogP contribution in [-0.2, 0) is 38.4 Å². The summed E-state index contributed by atoms with van der Waals surface area (Å²) in [5.41, 5.74) is 6.58. The van der Waals surface area contributed by atoms with Crippen LogP contribution in [0.25, 0.3) is 10.2 Å². The van der Waals surface area contributed by atoms with Crippen molar-refractivity contribution < 1.29 is 55.3 Å². The average molecular weight is 687 g/mol. The molecule has 1 heterocycles. The van der Waals surface area contributed by atoms with Gasteiger partial charge in [-0.1, -0.05) is 47.7 Å². The van der Waals surface area contributed by atoms with Crippen LogP contribution in [0.1, 0.15) is 65.5 Å². The van der Waals surface area contributed by atoms with Crippen molar-refractivity contribution in [3.63, 3.8) is 0 Å². The smallest absolute Gasteiger partial charge is 0.338 e.